The van der Waals surface area contributed by atoms with Gasteiger partial charge in [0.15, 0.2) is 9.84 Å². The molecule has 7 heteroatoms. The number of carbonyl (C=O) groups excluding carboxylic acids is 1. The Hall–Kier alpha value is -1.89. The van der Waals surface area contributed by atoms with E-state index >= 15 is 0 Å². The van der Waals surface area contributed by atoms with E-state index in [1.807, 2.05) is 0 Å². The van der Waals surface area contributed by atoms with Crippen molar-refractivity contribution in [3.05, 3.63) is 29.8 Å². The van der Waals surface area contributed by atoms with Crippen LogP contribution in [0.5, 0.6) is 0 Å². The minimum Gasteiger partial charge on any atom is -0.480 e. The van der Waals surface area contributed by atoms with Gasteiger partial charge in [-0.05, 0) is 29.7 Å². The molecule has 1 rings (SSSR count). The van der Waals surface area contributed by atoms with E-state index in [0.29, 0.717) is 0 Å². The molecule has 0 spiro atoms. The van der Waals surface area contributed by atoms with E-state index < -0.39 is 33.2 Å². The summed E-state index contributed by atoms with van der Waals surface area (Å²) in [5, 5.41) is 11.6. The fraction of sp³-hybridized carbons (Fsp3) is 0.429. The molecular weight excluding hydrogens is 294 g/mol. The summed E-state index contributed by atoms with van der Waals surface area (Å²) in [6.45, 7) is 5.12. The molecule has 116 valence electrons. The van der Waals surface area contributed by atoms with Crippen molar-refractivity contribution in [3.8, 4) is 0 Å². The van der Waals surface area contributed by atoms with Crippen LogP contribution in [-0.4, -0.2) is 37.7 Å². The molecule has 0 saturated carbocycles. The molecule has 1 atom stereocenters. The average molecular weight is 313 g/mol. The Bertz CT molecular complexity index is 641. The van der Waals surface area contributed by atoms with Gasteiger partial charge in [-0.1, -0.05) is 20.8 Å². The summed E-state index contributed by atoms with van der Waals surface area (Å²) in [5.41, 5.74) is -0.438. The summed E-state index contributed by atoms with van der Waals surface area (Å²) in [4.78, 5) is 23.3. The van der Waals surface area contributed by atoms with Gasteiger partial charge in [0.25, 0.3) is 5.91 Å². The highest BCUT2D eigenvalue weighted by atomic mass is 32.2. The number of carboxylic acids is 1. The molecule has 2 N–H and O–H groups in total. The first-order valence-corrected chi connectivity index (χ1v) is 8.16. The van der Waals surface area contributed by atoms with E-state index in [4.69, 9.17) is 5.11 Å². The number of sulfone groups is 1. The third kappa shape index (κ3) is 4.56. The number of rotatable bonds is 4. The Kier molecular flexibility index (Phi) is 4.78. The van der Waals surface area contributed by atoms with Gasteiger partial charge in [-0.3, -0.25) is 4.79 Å². The number of aliphatic carboxylic acids is 1. The lowest BCUT2D eigenvalue weighted by atomic mass is 9.86. The van der Waals surface area contributed by atoms with Crippen LogP contribution in [-0.2, 0) is 14.6 Å². The Morgan fingerprint density at radius 2 is 1.62 bits per heavy atom. The Morgan fingerprint density at radius 1 is 1.14 bits per heavy atom. The molecular formula is C14H19NO5S. The third-order valence-corrected chi connectivity index (χ3v) is 4.06. The second-order valence-electron chi connectivity index (χ2n) is 5.91. The quantitative estimate of drug-likeness (QED) is 0.873. The maximum absolute atomic E-state index is 12.0. The number of carboxylic acid groups (broad SMARTS) is 1. The van der Waals surface area contributed by atoms with Crippen molar-refractivity contribution in [1.82, 2.24) is 5.32 Å². The van der Waals surface area contributed by atoms with Crippen molar-refractivity contribution in [3.63, 3.8) is 0 Å². The molecule has 21 heavy (non-hydrogen) atoms. The van der Waals surface area contributed by atoms with Gasteiger partial charge in [0.05, 0.1) is 4.90 Å². The molecule has 0 aliphatic heterocycles. The number of benzene rings is 1. The highest BCUT2D eigenvalue weighted by Crippen LogP contribution is 2.20. The van der Waals surface area contributed by atoms with E-state index in [9.17, 15) is 18.0 Å². The predicted molar refractivity (Wildman–Crippen MR) is 77.9 cm³/mol. The highest BCUT2D eigenvalue weighted by Gasteiger charge is 2.32. The van der Waals surface area contributed by atoms with E-state index in [-0.39, 0.29) is 10.5 Å². The molecule has 1 aromatic carbocycles. The van der Waals surface area contributed by atoms with Crippen molar-refractivity contribution >= 4 is 21.7 Å². The van der Waals surface area contributed by atoms with Crippen LogP contribution < -0.4 is 5.32 Å². The van der Waals surface area contributed by atoms with Crippen LogP contribution in [0, 0.1) is 5.41 Å². The summed E-state index contributed by atoms with van der Waals surface area (Å²) < 4.78 is 22.7. The molecule has 0 saturated heterocycles. The standard InChI is InChI=1S/C14H19NO5S/c1-14(2,3)11(13(17)18)15-12(16)9-5-7-10(8-6-9)21(4,19)20/h5-8,11H,1-4H3,(H,15,16)(H,17,18)/t11-/m0/s1. The molecule has 0 heterocycles. The molecule has 6 nitrogen and oxygen atoms in total. The van der Waals surface area contributed by atoms with Gasteiger partial charge >= 0.3 is 5.97 Å². The number of hydrogen-bond acceptors (Lipinski definition) is 4. The summed E-state index contributed by atoms with van der Waals surface area (Å²) in [6.07, 6.45) is 1.07. The lowest BCUT2D eigenvalue weighted by Crippen LogP contribution is -2.49. The van der Waals surface area contributed by atoms with Crippen LogP contribution in [0.25, 0.3) is 0 Å². The fourth-order valence-corrected chi connectivity index (χ4v) is 2.35. The Balaban J connectivity index is 2.97. The topological polar surface area (TPSA) is 101 Å². The van der Waals surface area contributed by atoms with E-state index in [1.54, 1.807) is 20.8 Å². The minimum atomic E-state index is -3.33. The van der Waals surface area contributed by atoms with Crippen LogP contribution >= 0.6 is 0 Å². The second-order valence-corrected chi connectivity index (χ2v) is 7.92. The molecule has 0 unspecified atom stereocenters. The Morgan fingerprint density at radius 3 is 1.95 bits per heavy atom. The number of carbonyl (C=O) groups is 2. The SMILES string of the molecule is CC(C)(C)[C@@H](NC(=O)c1ccc(S(C)(=O)=O)cc1)C(=O)O. The van der Waals surface area contributed by atoms with E-state index in [2.05, 4.69) is 5.32 Å². The molecule has 1 aromatic rings. The lowest BCUT2D eigenvalue weighted by molar-refractivity contribution is -0.142. The van der Waals surface area contributed by atoms with Gasteiger partial charge in [0.2, 0.25) is 0 Å². The zero-order valence-electron chi connectivity index (χ0n) is 12.4. The maximum atomic E-state index is 12.0. The van der Waals surface area contributed by atoms with Gasteiger partial charge in [-0.2, -0.15) is 0 Å². The van der Waals surface area contributed by atoms with Gasteiger partial charge in [-0.25, -0.2) is 13.2 Å². The first kappa shape index (κ1) is 17.2. The van der Waals surface area contributed by atoms with E-state index in [1.165, 1.54) is 24.3 Å². The van der Waals surface area contributed by atoms with Crippen molar-refractivity contribution < 1.29 is 23.1 Å². The maximum Gasteiger partial charge on any atom is 0.326 e. The van der Waals surface area contributed by atoms with Gasteiger partial charge in [0.1, 0.15) is 6.04 Å². The first-order chi connectivity index (χ1) is 9.43. The highest BCUT2D eigenvalue weighted by molar-refractivity contribution is 7.90. The second kappa shape index (κ2) is 5.85. The monoisotopic (exact) mass is 313 g/mol. The molecule has 0 aliphatic carbocycles. The first-order valence-electron chi connectivity index (χ1n) is 6.26. The molecule has 0 radical (unpaired) electrons. The van der Waals surface area contributed by atoms with Crippen LogP contribution in [0.4, 0.5) is 0 Å². The van der Waals surface area contributed by atoms with Crippen LogP contribution in [0.3, 0.4) is 0 Å². The third-order valence-electron chi connectivity index (χ3n) is 2.93. The summed E-state index contributed by atoms with van der Waals surface area (Å²) in [5.74, 6) is -1.68. The lowest BCUT2D eigenvalue weighted by Gasteiger charge is -2.27. The van der Waals surface area contributed by atoms with Crippen molar-refractivity contribution in [2.75, 3.05) is 6.26 Å². The summed E-state index contributed by atoms with van der Waals surface area (Å²) in [7, 11) is -3.33. The van der Waals surface area contributed by atoms with Crippen molar-refractivity contribution in [2.45, 2.75) is 31.7 Å². The van der Waals surface area contributed by atoms with Gasteiger partial charge in [-0.15, -0.1) is 0 Å². The zero-order valence-corrected chi connectivity index (χ0v) is 13.2. The number of amides is 1. The van der Waals surface area contributed by atoms with Gasteiger partial charge < -0.3 is 10.4 Å². The fourth-order valence-electron chi connectivity index (χ4n) is 1.72. The molecule has 0 aliphatic rings. The van der Waals surface area contributed by atoms with Gasteiger partial charge in [0, 0.05) is 11.8 Å². The van der Waals surface area contributed by atoms with E-state index in [0.717, 1.165) is 6.26 Å². The van der Waals surface area contributed by atoms with Crippen molar-refractivity contribution in [2.24, 2.45) is 5.41 Å². The average Bonchev–Trinajstić information content (AvgIpc) is 2.33. The van der Waals surface area contributed by atoms with Crippen LogP contribution in [0.15, 0.2) is 29.2 Å². The van der Waals surface area contributed by atoms with Crippen LogP contribution in [0.1, 0.15) is 31.1 Å². The molecule has 0 aromatic heterocycles. The van der Waals surface area contributed by atoms with Crippen LogP contribution in [0.2, 0.25) is 0 Å². The Labute approximate surface area is 124 Å². The minimum absolute atomic E-state index is 0.102. The summed E-state index contributed by atoms with van der Waals surface area (Å²) in [6, 6.07) is 4.30. The summed E-state index contributed by atoms with van der Waals surface area (Å²) >= 11 is 0. The zero-order chi connectivity index (χ0) is 16.4. The largest absolute Gasteiger partial charge is 0.480 e. The van der Waals surface area contributed by atoms with Crippen molar-refractivity contribution in [1.29, 1.82) is 0 Å². The molecule has 1 amide bonds. The number of nitrogens with one attached hydrogen (secondary N) is 1. The predicted octanol–water partition coefficient (Wildman–Crippen LogP) is 1.32. The number of hydrogen-bond donors (Lipinski definition) is 2. The molecule has 0 bridgehead atoms. The normalized spacial score (nSPS) is 13.5. The smallest absolute Gasteiger partial charge is 0.326 e. The molecule has 0 fully saturated rings.